The summed E-state index contributed by atoms with van der Waals surface area (Å²) in [5.41, 5.74) is 8.65. The number of hydrogen-bond donors (Lipinski definition) is 2. The number of likely N-dealkylation sites (N-methyl/N-ethyl adjacent to an activating group) is 1. The number of allylic oxidation sites excluding steroid dienone is 1. The molecule has 2 aromatic carbocycles. The number of anilines is 1. The summed E-state index contributed by atoms with van der Waals surface area (Å²) in [4.78, 5) is 30.8. The second kappa shape index (κ2) is 9.58. The summed E-state index contributed by atoms with van der Waals surface area (Å²) < 4.78 is 6.56. The lowest BCUT2D eigenvalue weighted by atomic mass is 10.0. The Labute approximate surface area is 183 Å². The summed E-state index contributed by atoms with van der Waals surface area (Å²) >= 11 is 3.39. The van der Waals surface area contributed by atoms with E-state index in [1.807, 2.05) is 36.4 Å². The highest BCUT2D eigenvalue weighted by Gasteiger charge is 2.30. The second-order valence-electron chi connectivity index (χ2n) is 6.87. The average Bonchev–Trinajstić information content (AvgIpc) is 2.85. The minimum Gasteiger partial charge on any atom is -0.489 e. The van der Waals surface area contributed by atoms with Crippen molar-refractivity contribution in [2.24, 2.45) is 10.7 Å². The maximum atomic E-state index is 12.8. The van der Waals surface area contributed by atoms with E-state index in [0.29, 0.717) is 23.6 Å². The van der Waals surface area contributed by atoms with Crippen molar-refractivity contribution < 1.29 is 14.3 Å². The van der Waals surface area contributed by atoms with Gasteiger partial charge < -0.3 is 20.7 Å². The number of nitrogens with two attached hydrogens (primary N) is 1. The van der Waals surface area contributed by atoms with Gasteiger partial charge in [0, 0.05) is 23.7 Å². The smallest absolute Gasteiger partial charge is 0.341 e. The lowest BCUT2D eigenvalue weighted by Gasteiger charge is -2.20. The molecule has 8 heteroatoms. The van der Waals surface area contributed by atoms with E-state index in [4.69, 9.17) is 10.5 Å². The van der Waals surface area contributed by atoms with Gasteiger partial charge in [-0.05, 0) is 42.5 Å². The number of amides is 3. The van der Waals surface area contributed by atoms with Crippen LogP contribution in [0, 0.1) is 0 Å². The van der Waals surface area contributed by atoms with Crippen molar-refractivity contribution in [1.82, 2.24) is 5.32 Å². The summed E-state index contributed by atoms with van der Waals surface area (Å²) in [6.07, 6.45) is 2.00. The van der Waals surface area contributed by atoms with Crippen LogP contribution in [0.25, 0.3) is 0 Å². The molecule has 1 atom stereocenters. The Morgan fingerprint density at radius 1 is 1.33 bits per heavy atom. The molecule has 1 unspecified atom stereocenters. The van der Waals surface area contributed by atoms with Gasteiger partial charge in [0.25, 0.3) is 5.91 Å². The number of halogens is 1. The van der Waals surface area contributed by atoms with Gasteiger partial charge in [-0.2, -0.15) is 4.99 Å². The highest BCUT2D eigenvalue weighted by atomic mass is 79.9. The van der Waals surface area contributed by atoms with E-state index in [2.05, 4.69) is 26.2 Å². The van der Waals surface area contributed by atoms with Crippen LogP contribution in [-0.4, -0.2) is 37.3 Å². The van der Waals surface area contributed by atoms with E-state index >= 15 is 0 Å². The molecule has 3 rings (SSSR count). The first-order valence-corrected chi connectivity index (χ1v) is 10.2. The van der Waals surface area contributed by atoms with Crippen molar-refractivity contribution in [3.05, 3.63) is 70.3 Å². The number of benzene rings is 2. The molecule has 0 radical (unpaired) electrons. The van der Waals surface area contributed by atoms with E-state index in [1.54, 1.807) is 26.1 Å². The first-order chi connectivity index (χ1) is 14.4. The number of hydrogen-bond acceptors (Lipinski definition) is 4. The van der Waals surface area contributed by atoms with Gasteiger partial charge in [0.2, 0.25) is 0 Å². The minimum absolute atomic E-state index is 0.0156. The highest BCUT2D eigenvalue weighted by molar-refractivity contribution is 9.10. The topological polar surface area (TPSA) is 97.0 Å². The van der Waals surface area contributed by atoms with Crippen LogP contribution >= 0.6 is 15.9 Å². The van der Waals surface area contributed by atoms with Gasteiger partial charge in [-0.25, -0.2) is 4.79 Å². The predicted molar refractivity (Wildman–Crippen MR) is 121 cm³/mol. The Bertz CT molecular complexity index is 1000. The van der Waals surface area contributed by atoms with E-state index < -0.39 is 12.1 Å². The monoisotopic (exact) mass is 470 g/mol. The standard InChI is InChI=1S/C22H23BrN4O3/c1-14(16(12-24)10-15-6-4-3-5-7-15)25-22(29)26-18-13-30-20-9-8-17(23)11-19(20)27(2)21(18)28/h3-9,11-12,18H,10,13,24H2,1-2H3,(H,26,29)/b16-12-,25-14+. The van der Waals surface area contributed by atoms with Crippen molar-refractivity contribution in [3.63, 3.8) is 0 Å². The van der Waals surface area contributed by atoms with Crippen LogP contribution in [0.5, 0.6) is 5.75 Å². The number of nitrogens with zero attached hydrogens (tertiary/aromatic N) is 2. The lowest BCUT2D eigenvalue weighted by Crippen LogP contribution is -2.48. The first-order valence-electron chi connectivity index (χ1n) is 9.40. The molecule has 0 bridgehead atoms. The molecular weight excluding hydrogens is 448 g/mol. The zero-order valence-corrected chi connectivity index (χ0v) is 18.3. The van der Waals surface area contributed by atoms with Gasteiger partial charge in [0.15, 0.2) is 0 Å². The number of ether oxygens (including phenoxy) is 1. The molecule has 0 saturated heterocycles. The van der Waals surface area contributed by atoms with Crippen molar-refractivity contribution in [1.29, 1.82) is 0 Å². The molecule has 3 amide bonds. The number of fused-ring (bicyclic) bond motifs is 1. The number of rotatable bonds is 4. The third-order valence-electron chi connectivity index (χ3n) is 4.79. The van der Waals surface area contributed by atoms with Crippen molar-refractivity contribution >= 4 is 39.3 Å². The van der Waals surface area contributed by atoms with E-state index in [1.165, 1.54) is 11.1 Å². The fourth-order valence-corrected chi connectivity index (χ4v) is 3.45. The predicted octanol–water partition coefficient (Wildman–Crippen LogP) is 3.43. The lowest BCUT2D eigenvalue weighted by molar-refractivity contribution is -0.120. The molecule has 0 saturated carbocycles. The van der Waals surface area contributed by atoms with E-state index in [-0.39, 0.29) is 12.5 Å². The van der Waals surface area contributed by atoms with Crippen LogP contribution in [-0.2, 0) is 11.2 Å². The Morgan fingerprint density at radius 3 is 2.77 bits per heavy atom. The van der Waals surface area contributed by atoms with Crippen LogP contribution in [0.1, 0.15) is 12.5 Å². The summed E-state index contributed by atoms with van der Waals surface area (Å²) in [6.45, 7) is 1.73. The van der Waals surface area contributed by atoms with Crippen LogP contribution in [0.3, 0.4) is 0 Å². The number of aliphatic imine (C=N–C) groups is 1. The third kappa shape index (κ3) is 5.07. The van der Waals surface area contributed by atoms with Crippen molar-refractivity contribution in [2.45, 2.75) is 19.4 Å². The van der Waals surface area contributed by atoms with Gasteiger partial charge in [-0.1, -0.05) is 46.3 Å². The fourth-order valence-electron chi connectivity index (χ4n) is 3.10. The second-order valence-corrected chi connectivity index (χ2v) is 7.79. The number of nitrogens with one attached hydrogen (secondary N) is 1. The zero-order valence-electron chi connectivity index (χ0n) is 16.8. The van der Waals surface area contributed by atoms with Gasteiger partial charge in [-0.15, -0.1) is 0 Å². The summed E-state index contributed by atoms with van der Waals surface area (Å²) in [5.74, 6) is 0.286. The molecule has 3 N–H and O–H groups in total. The molecule has 1 heterocycles. The maximum Gasteiger partial charge on any atom is 0.341 e. The Kier molecular flexibility index (Phi) is 6.89. The molecule has 0 aromatic heterocycles. The fraction of sp³-hybridized carbons (Fsp3) is 0.227. The van der Waals surface area contributed by atoms with Gasteiger partial charge in [0.1, 0.15) is 18.4 Å². The Morgan fingerprint density at radius 2 is 2.07 bits per heavy atom. The number of carbonyl (C=O) groups is 2. The average molecular weight is 471 g/mol. The first kappa shape index (κ1) is 21.6. The molecule has 30 heavy (non-hydrogen) atoms. The zero-order chi connectivity index (χ0) is 21.7. The largest absolute Gasteiger partial charge is 0.489 e. The maximum absolute atomic E-state index is 12.8. The molecule has 156 valence electrons. The van der Waals surface area contributed by atoms with Crippen molar-refractivity contribution in [2.75, 3.05) is 18.6 Å². The molecule has 0 spiro atoms. The normalized spacial score (nSPS) is 17.1. The molecule has 0 aliphatic carbocycles. The Hall–Kier alpha value is -3.13. The van der Waals surface area contributed by atoms with Gasteiger partial charge in [-0.3, -0.25) is 4.79 Å². The van der Waals surface area contributed by atoms with E-state index in [9.17, 15) is 9.59 Å². The van der Waals surface area contributed by atoms with Crippen LogP contribution < -0.4 is 20.7 Å². The molecule has 1 aliphatic rings. The SMILES string of the molecule is CC(=N\C(=O)NC1COc2ccc(Br)cc2N(C)C1=O)/C(=C\N)Cc1ccccc1. The number of carbonyl (C=O) groups excluding carboxylic acids is 2. The molecule has 0 fully saturated rings. The quantitative estimate of drug-likeness (QED) is 0.668. The van der Waals surface area contributed by atoms with Gasteiger partial charge >= 0.3 is 6.03 Å². The minimum atomic E-state index is -0.857. The van der Waals surface area contributed by atoms with Crippen LogP contribution in [0.2, 0.25) is 0 Å². The highest BCUT2D eigenvalue weighted by Crippen LogP contribution is 2.33. The van der Waals surface area contributed by atoms with Crippen LogP contribution in [0.15, 0.2) is 69.8 Å². The van der Waals surface area contributed by atoms with E-state index in [0.717, 1.165) is 15.6 Å². The molecule has 1 aliphatic heterocycles. The van der Waals surface area contributed by atoms with Gasteiger partial charge in [0.05, 0.1) is 5.69 Å². The summed E-state index contributed by atoms with van der Waals surface area (Å²) in [5, 5.41) is 2.64. The molecular formula is C22H23BrN4O3. The third-order valence-corrected chi connectivity index (χ3v) is 5.28. The van der Waals surface area contributed by atoms with Crippen LogP contribution in [0.4, 0.5) is 10.5 Å². The summed E-state index contributed by atoms with van der Waals surface area (Å²) in [6, 6.07) is 13.7. The number of urea groups is 1. The molecule has 2 aromatic rings. The Balaban J connectivity index is 1.70. The molecule has 7 nitrogen and oxygen atoms in total. The summed E-state index contributed by atoms with van der Waals surface area (Å²) in [7, 11) is 1.64. The van der Waals surface area contributed by atoms with Crippen molar-refractivity contribution in [3.8, 4) is 5.75 Å².